The quantitative estimate of drug-likeness (QED) is 0.859. The van der Waals surface area contributed by atoms with E-state index in [0.717, 1.165) is 35.7 Å². The lowest BCUT2D eigenvalue weighted by Gasteiger charge is -2.37. The van der Waals surface area contributed by atoms with Crippen LogP contribution in [0.15, 0.2) is 48.5 Å². The molecule has 1 heterocycles. The van der Waals surface area contributed by atoms with Crippen LogP contribution in [0.25, 0.3) is 11.1 Å². The van der Waals surface area contributed by atoms with Gasteiger partial charge in [-0.25, -0.2) is 0 Å². The van der Waals surface area contributed by atoms with Gasteiger partial charge in [0.25, 0.3) is 0 Å². The summed E-state index contributed by atoms with van der Waals surface area (Å²) in [5.74, 6) is 0.0211. The van der Waals surface area contributed by atoms with Crippen molar-refractivity contribution in [1.29, 1.82) is 0 Å². The smallest absolute Gasteiger partial charge is 0.313 e. The van der Waals surface area contributed by atoms with Crippen molar-refractivity contribution in [2.45, 2.75) is 26.2 Å². The SMILES string of the molecule is CC1(COc2ccc(-c3ccc(C(C)(C)C(=O)O)cc3)cc2)COC1. The molecule has 0 aliphatic carbocycles. The Hall–Kier alpha value is -2.33. The minimum atomic E-state index is -0.891. The molecule has 0 bridgehead atoms. The van der Waals surface area contributed by atoms with E-state index in [-0.39, 0.29) is 5.41 Å². The number of hydrogen-bond acceptors (Lipinski definition) is 3. The van der Waals surface area contributed by atoms with E-state index in [4.69, 9.17) is 9.47 Å². The van der Waals surface area contributed by atoms with Gasteiger partial charge in [0.1, 0.15) is 5.75 Å². The number of hydrogen-bond donors (Lipinski definition) is 1. The molecule has 4 nitrogen and oxygen atoms in total. The molecular weight excluding hydrogens is 316 g/mol. The van der Waals surface area contributed by atoms with Crippen LogP contribution in [-0.4, -0.2) is 30.9 Å². The Labute approximate surface area is 148 Å². The Kier molecular flexibility index (Phi) is 4.56. The number of carbonyl (C=O) groups is 1. The fourth-order valence-electron chi connectivity index (χ4n) is 2.74. The summed E-state index contributed by atoms with van der Waals surface area (Å²) in [6, 6.07) is 15.7. The first kappa shape index (κ1) is 17.5. The summed E-state index contributed by atoms with van der Waals surface area (Å²) in [4.78, 5) is 11.4. The molecule has 1 aliphatic heterocycles. The van der Waals surface area contributed by atoms with E-state index in [0.29, 0.717) is 6.61 Å². The van der Waals surface area contributed by atoms with Gasteiger partial charge in [0.15, 0.2) is 0 Å². The highest BCUT2D eigenvalue weighted by Gasteiger charge is 2.34. The summed E-state index contributed by atoms with van der Waals surface area (Å²) >= 11 is 0. The number of ether oxygens (including phenoxy) is 2. The van der Waals surface area contributed by atoms with Crippen LogP contribution in [0.1, 0.15) is 26.3 Å². The monoisotopic (exact) mass is 340 g/mol. The van der Waals surface area contributed by atoms with Crippen molar-refractivity contribution in [3.05, 3.63) is 54.1 Å². The average molecular weight is 340 g/mol. The first-order chi connectivity index (χ1) is 11.8. The Morgan fingerprint density at radius 2 is 1.60 bits per heavy atom. The predicted molar refractivity (Wildman–Crippen MR) is 97.0 cm³/mol. The highest BCUT2D eigenvalue weighted by Crippen LogP contribution is 2.30. The van der Waals surface area contributed by atoms with Crippen molar-refractivity contribution in [3.63, 3.8) is 0 Å². The van der Waals surface area contributed by atoms with Gasteiger partial charge in [-0.05, 0) is 42.7 Å². The molecule has 1 saturated heterocycles. The zero-order chi connectivity index (χ0) is 18.1. The van der Waals surface area contributed by atoms with Crippen LogP contribution in [0.2, 0.25) is 0 Å². The van der Waals surface area contributed by atoms with E-state index in [2.05, 4.69) is 6.92 Å². The fraction of sp³-hybridized carbons (Fsp3) is 0.381. The fourth-order valence-corrected chi connectivity index (χ4v) is 2.74. The van der Waals surface area contributed by atoms with Gasteiger partial charge in [0, 0.05) is 5.41 Å². The molecule has 0 unspecified atom stereocenters. The lowest BCUT2D eigenvalue weighted by Crippen LogP contribution is -2.44. The Morgan fingerprint density at radius 3 is 2.04 bits per heavy atom. The summed E-state index contributed by atoms with van der Waals surface area (Å²) in [6.07, 6.45) is 0. The van der Waals surface area contributed by atoms with Crippen molar-refractivity contribution >= 4 is 5.97 Å². The van der Waals surface area contributed by atoms with Gasteiger partial charge in [0.2, 0.25) is 0 Å². The number of carboxylic acids is 1. The second-order valence-electron chi connectivity index (χ2n) is 7.62. The molecule has 1 fully saturated rings. The zero-order valence-corrected chi connectivity index (χ0v) is 14.9. The molecular formula is C21H24O4. The molecule has 3 rings (SSSR count). The van der Waals surface area contributed by atoms with Crippen LogP contribution in [-0.2, 0) is 14.9 Å². The van der Waals surface area contributed by atoms with E-state index in [1.54, 1.807) is 13.8 Å². The summed E-state index contributed by atoms with van der Waals surface area (Å²) in [5.41, 5.74) is 2.16. The number of carboxylic acid groups (broad SMARTS) is 1. The van der Waals surface area contributed by atoms with Gasteiger partial charge in [-0.3, -0.25) is 4.79 Å². The van der Waals surface area contributed by atoms with Crippen LogP contribution in [0, 0.1) is 5.41 Å². The van der Waals surface area contributed by atoms with Crippen molar-refractivity contribution in [3.8, 4) is 16.9 Å². The zero-order valence-electron chi connectivity index (χ0n) is 14.9. The molecule has 2 aromatic rings. The summed E-state index contributed by atoms with van der Waals surface area (Å²) in [5, 5.41) is 9.32. The van der Waals surface area contributed by atoms with Crippen LogP contribution in [0.5, 0.6) is 5.75 Å². The van der Waals surface area contributed by atoms with E-state index < -0.39 is 11.4 Å². The first-order valence-electron chi connectivity index (χ1n) is 8.45. The largest absolute Gasteiger partial charge is 0.493 e. The van der Waals surface area contributed by atoms with Gasteiger partial charge >= 0.3 is 5.97 Å². The molecule has 0 spiro atoms. The Bertz CT molecular complexity index is 740. The Balaban J connectivity index is 1.68. The average Bonchev–Trinajstić information content (AvgIpc) is 2.59. The standard InChI is InChI=1S/C21H24O4/c1-20(2,19(22)23)17-8-4-15(5-9-17)16-6-10-18(11-7-16)25-14-21(3)12-24-13-21/h4-11H,12-14H2,1-3H3,(H,22,23). The lowest BCUT2D eigenvalue weighted by atomic mass is 9.84. The van der Waals surface area contributed by atoms with Gasteiger partial charge in [0.05, 0.1) is 25.2 Å². The number of rotatable bonds is 6. The topological polar surface area (TPSA) is 55.8 Å². The normalized spacial score (nSPS) is 16.1. The van der Waals surface area contributed by atoms with E-state index in [1.165, 1.54) is 0 Å². The van der Waals surface area contributed by atoms with Crippen molar-refractivity contribution in [1.82, 2.24) is 0 Å². The van der Waals surface area contributed by atoms with E-state index >= 15 is 0 Å². The second kappa shape index (κ2) is 6.52. The predicted octanol–water partition coefficient (Wildman–Crippen LogP) is 4.13. The number of aliphatic carboxylic acids is 1. The molecule has 0 aromatic heterocycles. The third-order valence-electron chi connectivity index (χ3n) is 4.82. The maximum absolute atomic E-state index is 11.4. The highest BCUT2D eigenvalue weighted by atomic mass is 16.5. The maximum atomic E-state index is 11.4. The summed E-state index contributed by atoms with van der Waals surface area (Å²) in [7, 11) is 0. The molecule has 0 amide bonds. The molecule has 25 heavy (non-hydrogen) atoms. The molecule has 1 aliphatic rings. The van der Waals surface area contributed by atoms with Crippen LogP contribution >= 0.6 is 0 Å². The van der Waals surface area contributed by atoms with Gasteiger partial charge < -0.3 is 14.6 Å². The lowest BCUT2D eigenvalue weighted by molar-refractivity contribution is -0.142. The molecule has 0 atom stereocenters. The third kappa shape index (κ3) is 3.69. The minimum absolute atomic E-state index is 0.130. The molecule has 4 heteroatoms. The van der Waals surface area contributed by atoms with Gasteiger partial charge in [-0.15, -0.1) is 0 Å². The van der Waals surface area contributed by atoms with Gasteiger partial charge in [-0.2, -0.15) is 0 Å². The van der Waals surface area contributed by atoms with Crippen molar-refractivity contribution in [2.24, 2.45) is 5.41 Å². The molecule has 132 valence electrons. The van der Waals surface area contributed by atoms with E-state index in [9.17, 15) is 9.90 Å². The van der Waals surface area contributed by atoms with Crippen molar-refractivity contribution < 1.29 is 19.4 Å². The minimum Gasteiger partial charge on any atom is -0.493 e. The molecule has 1 N–H and O–H groups in total. The molecule has 2 aromatic carbocycles. The second-order valence-corrected chi connectivity index (χ2v) is 7.62. The maximum Gasteiger partial charge on any atom is 0.313 e. The third-order valence-corrected chi connectivity index (χ3v) is 4.82. The molecule has 0 radical (unpaired) electrons. The van der Waals surface area contributed by atoms with Crippen LogP contribution in [0.3, 0.4) is 0 Å². The highest BCUT2D eigenvalue weighted by molar-refractivity contribution is 5.80. The number of benzene rings is 2. The van der Waals surface area contributed by atoms with Gasteiger partial charge in [-0.1, -0.05) is 43.3 Å². The van der Waals surface area contributed by atoms with Crippen LogP contribution < -0.4 is 4.74 Å². The van der Waals surface area contributed by atoms with E-state index in [1.807, 2.05) is 48.5 Å². The van der Waals surface area contributed by atoms with Crippen LogP contribution in [0.4, 0.5) is 0 Å². The Morgan fingerprint density at radius 1 is 1.08 bits per heavy atom. The molecule has 0 saturated carbocycles. The first-order valence-corrected chi connectivity index (χ1v) is 8.45. The van der Waals surface area contributed by atoms with Crippen molar-refractivity contribution in [2.75, 3.05) is 19.8 Å². The summed E-state index contributed by atoms with van der Waals surface area (Å²) in [6.45, 7) is 7.75. The summed E-state index contributed by atoms with van der Waals surface area (Å²) < 4.78 is 11.1.